The minimum Gasteiger partial charge on any atom is -0.387 e. The summed E-state index contributed by atoms with van der Waals surface area (Å²) in [5.74, 6) is 0. The van der Waals surface area contributed by atoms with Crippen molar-refractivity contribution in [3.05, 3.63) is 53.6 Å². The Hall–Kier alpha value is -1.61. The van der Waals surface area contributed by atoms with E-state index in [0.717, 1.165) is 25.0 Å². The molecule has 0 bridgehead atoms. The minimum atomic E-state index is -0.428. The van der Waals surface area contributed by atoms with E-state index in [4.69, 9.17) is 0 Å². The summed E-state index contributed by atoms with van der Waals surface area (Å²) in [4.78, 5) is 6.84. The lowest BCUT2D eigenvalue weighted by molar-refractivity contribution is 0.160. The van der Waals surface area contributed by atoms with Crippen LogP contribution in [0.15, 0.2) is 36.8 Å². The van der Waals surface area contributed by atoms with Crippen LogP contribution >= 0.6 is 0 Å². The van der Waals surface area contributed by atoms with Crippen molar-refractivity contribution >= 4 is 0 Å². The van der Waals surface area contributed by atoms with E-state index in [-0.39, 0.29) is 0 Å². The summed E-state index contributed by atoms with van der Waals surface area (Å²) in [5.41, 5.74) is 3.41. The maximum Gasteiger partial charge on any atom is 0.0953 e. The molecular weight excluding hydrogens is 212 g/mol. The Morgan fingerprint density at radius 2 is 2.06 bits per heavy atom. The molecule has 0 spiro atoms. The van der Waals surface area contributed by atoms with E-state index in [1.165, 1.54) is 11.1 Å². The summed E-state index contributed by atoms with van der Waals surface area (Å²) in [6.45, 7) is 2.09. The minimum absolute atomic E-state index is 0.428. The second kappa shape index (κ2) is 5.64. The number of aliphatic hydroxyl groups is 1. The average Bonchev–Trinajstić information content (AvgIpc) is 2.85. The zero-order chi connectivity index (χ0) is 12.1. The Morgan fingerprint density at radius 1 is 1.29 bits per heavy atom. The largest absolute Gasteiger partial charge is 0.387 e. The third kappa shape index (κ3) is 3.43. The maximum atomic E-state index is 9.86. The molecule has 0 radical (unpaired) electrons. The molecule has 0 amide bonds. The third-order valence-electron chi connectivity index (χ3n) is 2.94. The summed E-state index contributed by atoms with van der Waals surface area (Å²) in [5, 5.41) is 9.86. The highest BCUT2D eigenvalue weighted by atomic mass is 16.3. The summed E-state index contributed by atoms with van der Waals surface area (Å²) in [7, 11) is 0. The second-order valence-electron chi connectivity index (χ2n) is 4.40. The third-order valence-corrected chi connectivity index (χ3v) is 2.94. The Balaban J connectivity index is 1.78. The Bertz CT molecular complexity index is 434. The van der Waals surface area contributed by atoms with Gasteiger partial charge >= 0.3 is 0 Å². The van der Waals surface area contributed by atoms with Crippen molar-refractivity contribution < 1.29 is 5.11 Å². The van der Waals surface area contributed by atoms with Gasteiger partial charge < -0.3 is 10.1 Å². The van der Waals surface area contributed by atoms with Crippen LogP contribution in [-0.4, -0.2) is 15.1 Å². The normalized spacial score (nSPS) is 12.6. The van der Waals surface area contributed by atoms with Gasteiger partial charge in [0.15, 0.2) is 0 Å². The van der Waals surface area contributed by atoms with Gasteiger partial charge in [0.2, 0.25) is 0 Å². The Labute approximate surface area is 102 Å². The van der Waals surface area contributed by atoms with E-state index in [0.29, 0.717) is 0 Å². The number of aryl methyl sites for hydroxylation is 2. The number of nitrogens with one attached hydrogen (secondary N) is 1. The predicted molar refractivity (Wildman–Crippen MR) is 67.7 cm³/mol. The number of aromatic nitrogens is 2. The molecule has 1 aromatic heterocycles. The van der Waals surface area contributed by atoms with Crippen molar-refractivity contribution in [2.75, 3.05) is 0 Å². The molecule has 1 aromatic carbocycles. The van der Waals surface area contributed by atoms with Crippen molar-refractivity contribution in [2.24, 2.45) is 0 Å². The molecule has 90 valence electrons. The van der Waals surface area contributed by atoms with Crippen LogP contribution in [0, 0.1) is 6.92 Å². The van der Waals surface area contributed by atoms with Crippen molar-refractivity contribution in [1.29, 1.82) is 0 Å². The highest BCUT2D eigenvalue weighted by Crippen LogP contribution is 2.17. The quantitative estimate of drug-likeness (QED) is 0.829. The van der Waals surface area contributed by atoms with Crippen LogP contribution in [0.3, 0.4) is 0 Å². The van der Waals surface area contributed by atoms with Gasteiger partial charge in [-0.05, 0) is 31.7 Å². The van der Waals surface area contributed by atoms with Gasteiger partial charge in [0.05, 0.1) is 24.3 Å². The van der Waals surface area contributed by atoms with Crippen LogP contribution in [0.5, 0.6) is 0 Å². The van der Waals surface area contributed by atoms with Crippen molar-refractivity contribution in [3.63, 3.8) is 0 Å². The highest BCUT2D eigenvalue weighted by Gasteiger charge is 2.07. The number of imidazole rings is 1. The van der Waals surface area contributed by atoms with Gasteiger partial charge in [-0.2, -0.15) is 0 Å². The van der Waals surface area contributed by atoms with Crippen molar-refractivity contribution in [3.8, 4) is 0 Å². The molecule has 1 heterocycles. The van der Waals surface area contributed by atoms with E-state index < -0.39 is 6.10 Å². The highest BCUT2D eigenvalue weighted by molar-refractivity contribution is 5.21. The lowest BCUT2D eigenvalue weighted by atomic mass is 10.0. The van der Waals surface area contributed by atoms with E-state index in [2.05, 4.69) is 41.2 Å². The standard InChI is InChI=1S/C14H18N2O/c1-11-5-7-12(8-6-11)3-2-4-14(17)13-9-15-10-16-13/h5-10,14,17H,2-4H2,1H3,(H,15,16). The first-order chi connectivity index (χ1) is 8.25. The van der Waals surface area contributed by atoms with Gasteiger partial charge in [-0.3, -0.25) is 0 Å². The number of rotatable bonds is 5. The Kier molecular flexibility index (Phi) is 3.94. The fraction of sp³-hybridized carbons (Fsp3) is 0.357. The molecule has 2 N–H and O–H groups in total. The van der Waals surface area contributed by atoms with Gasteiger partial charge in [0.1, 0.15) is 0 Å². The topological polar surface area (TPSA) is 48.9 Å². The molecule has 0 aliphatic heterocycles. The summed E-state index contributed by atoms with van der Waals surface area (Å²) >= 11 is 0. The number of H-pyrrole nitrogens is 1. The molecule has 0 fully saturated rings. The Morgan fingerprint density at radius 3 is 2.71 bits per heavy atom. The maximum absolute atomic E-state index is 9.86. The lowest BCUT2D eigenvalue weighted by Crippen LogP contribution is -1.98. The monoisotopic (exact) mass is 230 g/mol. The summed E-state index contributed by atoms with van der Waals surface area (Å²) in [6.07, 6.45) is 5.59. The molecule has 0 saturated carbocycles. The van der Waals surface area contributed by atoms with Crippen LogP contribution in [0.1, 0.15) is 35.8 Å². The molecule has 2 rings (SSSR count). The second-order valence-corrected chi connectivity index (χ2v) is 4.40. The van der Waals surface area contributed by atoms with Crippen molar-refractivity contribution in [2.45, 2.75) is 32.3 Å². The van der Waals surface area contributed by atoms with Crippen LogP contribution in [0.2, 0.25) is 0 Å². The van der Waals surface area contributed by atoms with Crippen LogP contribution < -0.4 is 0 Å². The van der Waals surface area contributed by atoms with Crippen LogP contribution in [0.25, 0.3) is 0 Å². The fourth-order valence-electron chi connectivity index (χ4n) is 1.86. The SMILES string of the molecule is Cc1ccc(CCCC(O)c2cnc[nH]2)cc1. The average molecular weight is 230 g/mol. The zero-order valence-corrected chi connectivity index (χ0v) is 10.1. The van der Waals surface area contributed by atoms with Crippen LogP contribution in [-0.2, 0) is 6.42 Å². The first kappa shape index (κ1) is 11.9. The fourth-order valence-corrected chi connectivity index (χ4v) is 1.86. The number of aliphatic hydroxyl groups excluding tert-OH is 1. The number of hydrogen-bond donors (Lipinski definition) is 2. The lowest BCUT2D eigenvalue weighted by Gasteiger charge is -2.08. The van der Waals surface area contributed by atoms with E-state index in [1.54, 1.807) is 12.5 Å². The molecule has 0 aliphatic rings. The molecule has 0 saturated heterocycles. The van der Waals surface area contributed by atoms with Gasteiger partial charge in [0, 0.05) is 0 Å². The van der Waals surface area contributed by atoms with Gasteiger partial charge in [-0.15, -0.1) is 0 Å². The van der Waals surface area contributed by atoms with E-state index in [9.17, 15) is 5.11 Å². The number of hydrogen-bond acceptors (Lipinski definition) is 2. The number of nitrogens with zero attached hydrogens (tertiary/aromatic N) is 1. The first-order valence-corrected chi connectivity index (χ1v) is 5.97. The zero-order valence-electron chi connectivity index (χ0n) is 10.1. The first-order valence-electron chi connectivity index (χ1n) is 5.97. The van der Waals surface area contributed by atoms with Crippen LogP contribution in [0.4, 0.5) is 0 Å². The van der Waals surface area contributed by atoms with Crippen molar-refractivity contribution in [1.82, 2.24) is 9.97 Å². The molecule has 3 nitrogen and oxygen atoms in total. The summed E-state index contributed by atoms with van der Waals surface area (Å²) in [6, 6.07) is 8.55. The van der Waals surface area contributed by atoms with Gasteiger partial charge in [-0.25, -0.2) is 4.98 Å². The molecule has 3 heteroatoms. The smallest absolute Gasteiger partial charge is 0.0953 e. The molecule has 2 aromatic rings. The van der Waals surface area contributed by atoms with E-state index in [1.807, 2.05) is 0 Å². The molecular formula is C14H18N2O. The molecule has 1 unspecified atom stereocenters. The molecule has 17 heavy (non-hydrogen) atoms. The number of benzene rings is 1. The molecule has 1 atom stereocenters. The molecule has 0 aliphatic carbocycles. The van der Waals surface area contributed by atoms with Gasteiger partial charge in [0.25, 0.3) is 0 Å². The summed E-state index contributed by atoms with van der Waals surface area (Å²) < 4.78 is 0. The number of aromatic amines is 1. The van der Waals surface area contributed by atoms with Gasteiger partial charge in [-0.1, -0.05) is 29.8 Å². The predicted octanol–water partition coefficient (Wildman–Crippen LogP) is 2.77. The van der Waals surface area contributed by atoms with E-state index >= 15 is 0 Å².